The molecule has 1 aromatic carbocycles. The first-order chi connectivity index (χ1) is 10.2. The molecule has 7 heteroatoms. The highest BCUT2D eigenvalue weighted by molar-refractivity contribution is 7.09. The van der Waals surface area contributed by atoms with Crippen LogP contribution in [0.3, 0.4) is 0 Å². The molecule has 0 aliphatic carbocycles. The summed E-state index contributed by atoms with van der Waals surface area (Å²) >= 11 is 1.66. The molecule has 0 aliphatic rings. The smallest absolute Gasteiger partial charge is 0.221 e. The minimum Gasteiger partial charge on any atom is -0.356 e. The summed E-state index contributed by atoms with van der Waals surface area (Å²) in [6.07, 6.45) is 1.38. The Morgan fingerprint density at radius 3 is 2.43 bits per heavy atom. The monoisotopic (exact) mass is 375 g/mol. The molecular weight excluding hydrogens is 353 g/mol. The van der Waals surface area contributed by atoms with Crippen molar-refractivity contribution in [3.63, 3.8) is 0 Å². The van der Waals surface area contributed by atoms with E-state index in [0.717, 1.165) is 22.7 Å². The van der Waals surface area contributed by atoms with Crippen molar-refractivity contribution in [1.29, 1.82) is 0 Å². The van der Waals surface area contributed by atoms with E-state index in [0.29, 0.717) is 19.5 Å². The first kappa shape index (κ1) is 21.9. The van der Waals surface area contributed by atoms with Crippen LogP contribution in [-0.2, 0) is 11.2 Å². The van der Waals surface area contributed by atoms with E-state index in [1.807, 2.05) is 14.0 Å². The van der Waals surface area contributed by atoms with E-state index >= 15 is 0 Å². The number of rotatable bonds is 7. The summed E-state index contributed by atoms with van der Waals surface area (Å²) in [6, 6.07) is 8.38. The molecule has 2 rings (SSSR count). The number of thiazole rings is 1. The van der Waals surface area contributed by atoms with Crippen LogP contribution in [0.15, 0.2) is 29.6 Å². The van der Waals surface area contributed by atoms with Gasteiger partial charge in [-0.2, -0.15) is 0 Å². The lowest BCUT2D eigenvalue weighted by atomic mass is 10.1. The van der Waals surface area contributed by atoms with Gasteiger partial charge in [0.2, 0.25) is 5.91 Å². The first-order valence-electron chi connectivity index (χ1n) is 7.12. The minimum atomic E-state index is 0. The van der Waals surface area contributed by atoms with E-state index < -0.39 is 0 Å². The number of halogens is 2. The van der Waals surface area contributed by atoms with Gasteiger partial charge >= 0.3 is 0 Å². The number of amides is 1. The summed E-state index contributed by atoms with van der Waals surface area (Å²) in [5, 5.41) is 9.05. The Bertz CT molecular complexity index is 587. The molecule has 0 spiro atoms. The zero-order valence-corrected chi connectivity index (χ0v) is 15.7. The van der Waals surface area contributed by atoms with Crippen molar-refractivity contribution < 1.29 is 4.79 Å². The van der Waals surface area contributed by atoms with E-state index in [9.17, 15) is 4.79 Å². The summed E-state index contributed by atoms with van der Waals surface area (Å²) < 4.78 is 0. The third-order valence-corrected chi connectivity index (χ3v) is 3.98. The number of nitrogens with zero attached hydrogens (tertiary/aromatic N) is 1. The molecule has 0 fully saturated rings. The molecule has 128 valence electrons. The van der Waals surface area contributed by atoms with E-state index in [-0.39, 0.29) is 30.7 Å². The Hall–Kier alpha value is -1.14. The molecule has 0 atom stereocenters. The van der Waals surface area contributed by atoms with Crippen LogP contribution >= 0.6 is 36.2 Å². The maximum atomic E-state index is 11.5. The van der Waals surface area contributed by atoms with E-state index in [4.69, 9.17) is 0 Å². The van der Waals surface area contributed by atoms with Gasteiger partial charge in [-0.3, -0.25) is 4.79 Å². The minimum absolute atomic E-state index is 0. The SMILES string of the molecule is CNCCC(=O)NCCc1ccc(-c2csc(C)n2)cc1.Cl.Cl. The molecule has 23 heavy (non-hydrogen) atoms. The fraction of sp³-hybridized carbons (Fsp3) is 0.375. The van der Waals surface area contributed by atoms with Gasteiger partial charge < -0.3 is 10.6 Å². The second kappa shape index (κ2) is 11.4. The molecule has 0 bridgehead atoms. The van der Waals surface area contributed by atoms with Crippen LogP contribution in [0.1, 0.15) is 17.0 Å². The average molecular weight is 376 g/mol. The maximum absolute atomic E-state index is 11.5. The Morgan fingerprint density at radius 2 is 1.87 bits per heavy atom. The molecule has 0 saturated carbocycles. The fourth-order valence-corrected chi connectivity index (χ4v) is 2.63. The van der Waals surface area contributed by atoms with Crippen molar-refractivity contribution in [3.05, 3.63) is 40.2 Å². The summed E-state index contributed by atoms with van der Waals surface area (Å²) in [4.78, 5) is 16.0. The van der Waals surface area contributed by atoms with E-state index in [1.54, 1.807) is 11.3 Å². The maximum Gasteiger partial charge on any atom is 0.221 e. The summed E-state index contributed by atoms with van der Waals surface area (Å²) in [5.41, 5.74) is 3.39. The average Bonchev–Trinajstić information content (AvgIpc) is 2.92. The number of aryl methyl sites for hydroxylation is 1. The van der Waals surface area contributed by atoms with Crippen LogP contribution < -0.4 is 10.6 Å². The van der Waals surface area contributed by atoms with Crippen LogP contribution in [0, 0.1) is 6.92 Å². The van der Waals surface area contributed by atoms with Crippen LogP contribution in [0.25, 0.3) is 11.3 Å². The third kappa shape index (κ3) is 7.31. The van der Waals surface area contributed by atoms with E-state index in [1.165, 1.54) is 5.56 Å². The van der Waals surface area contributed by atoms with Gasteiger partial charge in [0, 0.05) is 30.5 Å². The number of nitrogens with one attached hydrogen (secondary N) is 2. The van der Waals surface area contributed by atoms with Gasteiger partial charge in [-0.05, 0) is 26.0 Å². The predicted molar refractivity (Wildman–Crippen MR) is 102 cm³/mol. The lowest BCUT2D eigenvalue weighted by molar-refractivity contribution is -0.120. The highest BCUT2D eigenvalue weighted by Crippen LogP contribution is 2.21. The Balaban J connectivity index is 0.00000242. The van der Waals surface area contributed by atoms with Crippen LogP contribution in [0.5, 0.6) is 0 Å². The largest absolute Gasteiger partial charge is 0.356 e. The summed E-state index contributed by atoms with van der Waals surface area (Å²) in [5.74, 6) is 0.0962. The number of benzene rings is 1. The first-order valence-corrected chi connectivity index (χ1v) is 8.00. The van der Waals surface area contributed by atoms with Crippen LogP contribution in [0.2, 0.25) is 0 Å². The lowest BCUT2D eigenvalue weighted by Gasteiger charge is -2.06. The Kier molecular flexibility index (Phi) is 10.8. The Morgan fingerprint density at radius 1 is 1.17 bits per heavy atom. The van der Waals surface area contributed by atoms with Crippen molar-refractivity contribution in [1.82, 2.24) is 15.6 Å². The van der Waals surface area contributed by atoms with Gasteiger partial charge in [-0.15, -0.1) is 36.2 Å². The number of aromatic nitrogens is 1. The molecule has 1 amide bonds. The predicted octanol–water partition coefficient (Wildman–Crippen LogP) is 3.23. The standard InChI is InChI=1S/C16H21N3OS.2ClH/c1-12-19-15(11-21-12)14-5-3-13(4-6-14)7-10-18-16(20)8-9-17-2;;/h3-6,11,17H,7-10H2,1-2H3,(H,18,20);2*1H. The number of hydrogen-bond acceptors (Lipinski definition) is 4. The van der Waals surface area contributed by atoms with Gasteiger partial charge in [0.1, 0.15) is 0 Å². The zero-order valence-electron chi connectivity index (χ0n) is 13.3. The highest BCUT2D eigenvalue weighted by atomic mass is 35.5. The van der Waals surface area contributed by atoms with Crippen LogP contribution in [-0.4, -0.2) is 31.0 Å². The molecule has 0 unspecified atom stereocenters. The van der Waals surface area contributed by atoms with Crippen molar-refractivity contribution in [2.24, 2.45) is 0 Å². The van der Waals surface area contributed by atoms with Crippen molar-refractivity contribution in [2.45, 2.75) is 19.8 Å². The number of carbonyl (C=O) groups is 1. The zero-order chi connectivity index (χ0) is 15.1. The molecule has 0 radical (unpaired) electrons. The number of hydrogen-bond donors (Lipinski definition) is 2. The molecule has 2 aromatic rings. The van der Waals surface area contributed by atoms with Gasteiger partial charge in [0.05, 0.1) is 10.7 Å². The van der Waals surface area contributed by atoms with Gasteiger partial charge in [-0.25, -0.2) is 4.98 Å². The molecule has 4 nitrogen and oxygen atoms in total. The second-order valence-corrected chi connectivity index (χ2v) is 5.96. The summed E-state index contributed by atoms with van der Waals surface area (Å²) in [6.45, 7) is 3.41. The third-order valence-electron chi connectivity index (χ3n) is 3.21. The molecule has 2 N–H and O–H groups in total. The quantitative estimate of drug-likeness (QED) is 0.780. The molecule has 1 aromatic heterocycles. The lowest BCUT2D eigenvalue weighted by Crippen LogP contribution is -2.28. The van der Waals surface area contributed by atoms with Gasteiger partial charge in [0.15, 0.2) is 0 Å². The van der Waals surface area contributed by atoms with Gasteiger partial charge in [-0.1, -0.05) is 24.3 Å². The fourth-order valence-electron chi connectivity index (χ4n) is 2.01. The van der Waals surface area contributed by atoms with Crippen LogP contribution in [0.4, 0.5) is 0 Å². The normalized spacial score (nSPS) is 9.65. The molecule has 0 aliphatic heterocycles. The van der Waals surface area contributed by atoms with Crippen molar-refractivity contribution in [2.75, 3.05) is 20.1 Å². The highest BCUT2D eigenvalue weighted by Gasteiger charge is 2.03. The molecule has 0 saturated heterocycles. The van der Waals surface area contributed by atoms with Crippen molar-refractivity contribution in [3.8, 4) is 11.3 Å². The summed E-state index contributed by atoms with van der Waals surface area (Å²) in [7, 11) is 1.85. The second-order valence-electron chi connectivity index (χ2n) is 4.90. The van der Waals surface area contributed by atoms with E-state index in [2.05, 4.69) is 45.3 Å². The molecular formula is C16H23Cl2N3OS. The number of carbonyl (C=O) groups excluding carboxylic acids is 1. The van der Waals surface area contributed by atoms with Gasteiger partial charge in [0.25, 0.3) is 0 Å². The molecule has 1 heterocycles. The Labute approximate surface area is 153 Å². The topological polar surface area (TPSA) is 54.0 Å². The van der Waals surface area contributed by atoms with Crippen molar-refractivity contribution >= 4 is 42.1 Å².